The van der Waals surface area contributed by atoms with Gasteiger partial charge in [-0.15, -0.1) is 11.8 Å². The van der Waals surface area contributed by atoms with E-state index in [1.54, 1.807) is 0 Å². The van der Waals surface area contributed by atoms with E-state index in [-0.39, 0.29) is 18.1 Å². The largest absolute Gasteiger partial charge is 0.396 e. The highest BCUT2D eigenvalue weighted by atomic mass is 32.2. The molecule has 0 saturated heterocycles. The number of thioether (sulfide) groups is 1. The molecule has 0 unspecified atom stereocenters. The Morgan fingerprint density at radius 3 is 2.22 bits per heavy atom. The fourth-order valence-corrected chi connectivity index (χ4v) is 5.36. The van der Waals surface area contributed by atoms with Gasteiger partial charge >= 0.3 is 0 Å². The number of hydrogen-bond acceptors (Lipinski definition) is 3. The minimum absolute atomic E-state index is 0.144. The first-order chi connectivity index (χ1) is 8.69. The second kappa shape index (κ2) is 5.04. The van der Waals surface area contributed by atoms with E-state index < -0.39 is 0 Å². The molecule has 4 bridgehead atoms. The molecule has 18 heavy (non-hydrogen) atoms. The van der Waals surface area contributed by atoms with Crippen molar-refractivity contribution in [2.75, 3.05) is 18.1 Å². The first-order valence-electron chi connectivity index (χ1n) is 7.19. The predicted molar refractivity (Wildman–Crippen MR) is 73.5 cm³/mol. The van der Waals surface area contributed by atoms with Crippen LogP contribution in [0.15, 0.2) is 0 Å². The summed E-state index contributed by atoms with van der Waals surface area (Å²) in [6, 6.07) is 0. The highest BCUT2D eigenvalue weighted by Gasteiger charge is 2.51. The van der Waals surface area contributed by atoms with Gasteiger partial charge in [0.2, 0.25) is 5.91 Å². The lowest BCUT2D eigenvalue weighted by molar-refractivity contribution is -0.124. The van der Waals surface area contributed by atoms with Crippen molar-refractivity contribution in [3.8, 4) is 0 Å². The van der Waals surface area contributed by atoms with Gasteiger partial charge in [0.05, 0.1) is 12.4 Å². The standard InChI is InChI=1S/C14H23NO2S/c16-1-2-18-9-13(17)15-14-6-10-3-11(7-14)5-12(4-10)8-14/h10-12,16H,1-9H2,(H,15,17). The molecule has 3 nitrogen and oxygen atoms in total. The molecule has 4 rings (SSSR count). The highest BCUT2D eigenvalue weighted by Crippen LogP contribution is 2.55. The van der Waals surface area contributed by atoms with E-state index in [0.717, 1.165) is 17.8 Å². The van der Waals surface area contributed by atoms with E-state index >= 15 is 0 Å². The molecule has 1 amide bonds. The Hall–Kier alpha value is -0.220. The first-order valence-corrected chi connectivity index (χ1v) is 8.34. The van der Waals surface area contributed by atoms with E-state index in [1.165, 1.54) is 50.3 Å². The Morgan fingerprint density at radius 1 is 1.17 bits per heavy atom. The van der Waals surface area contributed by atoms with Gasteiger partial charge in [0.15, 0.2) is 0 Å². The van der Waals surface area contributed by atoms with Gasteiger partial charge in [-0.25, -0.2) is 0 Å². The molecule has 0 heterocycles. The van der Waals surface area contributed by atoms with Crippen molar-refractivity contribution < 1.29 is 9.90 Å². The summed E-state index contributed by atoms with van der Waals surface area (Å²) in [7, 11) is 0. The van der Waals surface area contributed by atoms with Gasteiger partial charge in [-0.1, -0.05) is 0 Å². The molecule has 2 N–H and O–H groups in total. The van der Waals surface area contributed by atoms with Crippen LogP contribution in [0.2, 0.25) is 0 Å². The molecule has 0 aromatic heterocycles. The number of hydrogen-bond donors (Lipinski definition) is 2. The van der Waals surface area contributed by atoms with Crippen LogP contribution in [-0.4, -0.2) is 34.7 Å². The minimum Gasteiger partial charge on any atom is -0.396 e. The van der Waals surface area contributed by atoms with Crippen molar-refractivity contribution in [1.82, 2.24) is 5.32 Å². The van der Waals surface area contributed by atoms with Gasteiger partial charge in [-0.3, -0.25) is 4.79 Å². The monoisotopic (exact) mass is 269 g/mol. The first kappa shape index (κ1) is 12.8. The lowest BCUT2D eigenvalue weighted by Gasteiger charge is -2.56. The normalized spacial score (nSPS) is 41.1. The molecule has 4 heteroatoms. The third-order valence-corrected chi connectivity index (χ3v) is 5.85. The highest BCUT2D eigenvalue weighted by molar-refractivity contribution is 7.99. The maximum atomic E-state index is 12.0. The van der Waals surface area contributed by atoms with Crippen LogP contribution >= 0.6 is 11.8 Å². The zero-order valence-corrected chi connectivity index (χ0v) is 11.7. The molecule has 4 aliphatic carbocycles. The summed E-state index contributed by atoms with van der Waals surface area (Å²) in [6.45, 7) is 0.162. The average Bonchev–Trinajstić information content (AvgIpc) is 2.26. The van der Waals surface area contributed by atoms with Gasteiger partial charge in [-0.05, 0) is 56.3 Å². The van der Waals surface area contributed by atoms with Crippen LogP contribution in [0.3, 0.4) is 0 Å². The average molecular weight is 269 g/mol. The molecule has 0 radical (unpaired) electrons. The lowest BCUT2D eigenvalue weighted by Crippen LogP contribution is -2.60. The number of nitrogens with one attached hydrogen (secondary N) is 1. The summed E-state index contributed by atoms with van der Waals surface area (Å²) in [5.41, 5.74) is 0.144. The van der Waals surface area contributed by atoms with Gasteiger partial charge in [-0.2, -0.15) is 0 Å². The van der Waals surface area contributed by atoms with Crippen LogP contribution in [0.5, 0.6) is 0 Å². The van der Waals surface area contributed by atoms with Crippen molar-refractivity contribution in [3.63, 3.8) is 0 Å². The summed E-state index contributed by atoms with van der Waals surface area (Å²) >= 11 is 1.53. The fraction of sp³-hybridized carbons (Fsp3) is 0.929. The Bertz CT molecular complexity index is 296. The maximum Gasteiger partial charge on any atom is 0.230 e. The number of aliphatic hydroxyl groups is 1. The van der Waals surface area contributed by atoms with Crippen molar-refractivity contribution in [3.05, 3.63) is 0 Å². The molecule has 0 aromatic rings. The summed E-state index contributed by atoms with van der Waals surface area (Å²) in [5.74, 6) is 3.97. The van der Waals surface area contributed by atoms with Crippen molar-refractivity contribution in [1.29, 1.82) is 0 Å². The van der Waals surface area contributed by atoms with E-state index in [2.05, 4.69) is 5.32 Å². The Kier molecular flexibility index (Phi) is 3.59. The SMILES string of the molecule is O=C(CSCCO)NC12CC3CC(CC(C3)C1)C2. The molecule has 0 atom stereocenters. The molecular formula is C14H23NO2S. The molecule has 0 spiro atoms. The lowest BCUT2D eigenvalue weighted by atomic mass is 9.53. The van der Waals surface area contributed by atoms with Crippen molar-refractivity contribution >= 4 is 17.7 Å². The number of rotatable bonds is 5. The summed E-state index contributed by atoms with van der Waals surface area (Å²) in [5, 5.41) is 12.1. The minimum atomic E-state index is 0.144. The van der Waals surface area contributed by atoms with Crippen LogP contribution in [-0.2, 0) is 4.79 Å². The Morgan fingerprint density at radius 2 is 1.72 bits per heavy atom. The van der Waals surface area contributed by atoms with Crippen LogP contribution in [0, 0.1) is 17.8 Å². The van der Waals surface area contributed by atoms with E-state index in [9.17, 15) is 4.79 Å². The summed E-state index contributed by atoms with van der Waals surface area (Å²) < 4.78 is 0. The maximum absolute atomic E-state index is 12.0. The summed E-state index contributed by atoms with van der Waals surface area (Å²) in [6.07, 6.45) is 7.89. The molecule has 4 aliphatic rings. The zero-order chi connectivity index (χ0) is 12.6. The predicted octanol–water partition coefficient (Wildman–Crippen LogP) is 1.80. The Labute approximate surface area is 113 Å². The Balaban J connectivity index is 1.57. The quantitative estimate of drug-likeness (QED) is 0.748. The second-order valence-corrected chi connectivity index (χ2v) is 7.63. The zero-order valence-electron chi connectivity index (χ0n) is 10.9. The van der Waals surface area contributed by atoms with Crippen molar-refractivity contribution in [2.45, 2.75) is 44.1 Å². The number of carbonyl (C=O) groups is 1. The molecule has 102 valence electrons. The van der Waals surface area contributed by atoms with Crippen LogP contribution in [0.1, 0.15) is 38.5 Å². The fourth-order valence-electron chi connectivity index (χ4n) is 4.82. The number of amides is 1. The molecule has 4 fully saturated rings. The molecular weight excluding hydrogens is 246 g/mol. The van der Waals surface area contributed by atoms with E-state index in [0.29, 0.717) is 11.5 Å². The van der Waals surface area contributed by atoms with Crippen LogP contribution in [0.25, 0.3) is 0 Å². The van der Waals surface area contributed by atoms with E-state index in [1.807, 2.05) is 0 Å². The smallest absolute Gasteiger partial charge is 0.230 e. The second-order valence-electron chi connectivity index (χ2n) is 6.52. The molecule has 4 saturated carbocycles. The van der Waals surface area contributed by atoms with E-state index in [4.69, 9.17) is 5.11 Å². The van der Waals surface area contributed by atoms with Crippen molar-refractivity contribution in [2.24, 2.45) is 17.8 Å². The van der Waals surface area contributed by atoms with Gasteiger partial charge in [0.1, 0.15) is 0 Å². The number of carbonyl (C=O) groups excluding carboxylic acids is 1. The number of aliphatic hydroxyl groups excluding tert-OH is 1. The molecule has 0 aliphatic heterocycles. The third kappa shape index (κ3) is 2.55. The third-order valence-electron chi connectivity index (χ3n) is 4.91. The molecule has 0 aromatic carbocycles. The van der Waals surface area contributed by atoms with Gasteiger partial charge < -0.3 is 10.4 Å². The summed E-state index contributed by atoms with van der Waals surface area (Å²) in [4.78, 5) is 12.0. The van der Waals surface area contributed by atoms with Crippen LogP contribution in [0.4, 0.5) is 0 Å². The topological polar surface area (TPSA) is 49.3 Å². The van der Waals surface area contributed by atoms with Gasteiger partial charge in [0.25, 0.3) is 0 Å². The van der Waals surface area contributed by atoms with Gasteiger partial charge in [0, 0.05) is 11.3 Å². The van der Waals surface area contributed by atoms with Crippen LogP contribution < -0.4 is 5.32 Å².